The molecule has 1 aliphatic carbocycles. The Morgan fingerprint density at radius 1 is 1.17 bits per heavy atom. The second kappa shape index (κ2) is 6.84. The summed E-state index contributed by atoms with van der Waals surface area (Å²) in [5, 5.41) is 6.27. The van der Waals surface area contributed by atoms with Gasteiger partial charge in [-0.3, -0.25) is 9.59 Å². The summed E-state index contributed by atoms with van der Waals surface area (Å²) in [5.74, 6) is -0.330. The number of carbonyl (C=O) groups is 2. The number of fused-ring (bicyclic) bond motifs is 1. The van der Waals surface area contributed by atoms with Crippen molar-refractivity contribution in [2.45, 2.75) is 25.7 Å². The third kappa shape index (κ3) is 3.33. The van der Waals surface area contributed by atoms with Gasteiger partial charge < -0.3 is 10.6 Å². The van der Waals surface area contributed by atoms with Gasteiger partial charge in [0.15, 0.2) is 0 Å². The van der Waals surface area contributed by atoms with Crippen LogP contribution in [-0.4, -0.2) is 18.9 Å². The lowest BCUT2D eigenvalue weighted by molar-refractivity contribution is 0.0963. The van der Waals surface area contributed by atoms with E-state index >= 15 is 0 Å². The average molecular weight is 393 g/mol. The van der Waals surface area contributed by atoms with Crippen molar-refractivity contribution in [3.05, 3.63) is 50.3 Å². The van der Waals surface area contributed by atoms with E-state index in [0.717, 1.165) is 35.7 Å². The number of amides is 2. The Bertz CT molecular complexity index is 770. The molecule has 0 radical (unpaired) electrons. The third-order valence-corrected chi connectivity index (χ3v) is 5.64. The molecule has 0 bridgehead atoms. The smallest absolute Gasteiger partial charge is 0.256 e. The van der Waals surface area contributed by atoms with Gasteiger partial charge in [-0.25, -0.2) is 0 Å². The minimum atomic E-state index is -0.199. The van der Waals surface area contributed by atoms with Crippen LogP contribution in [0.15, 0.2) is 28.7 Å². The van der Waals surface area contributed by atoms with Crippen LogP contribution in [0.1, 0.15) is 44.0 Å². The molecule has 1 heterocycles. The molecule has 23 heavy (non-hydrogen) atoms. The van der Waals surface area contributed by atoms with Crippen molar-refractivity contribution in [3.8, 4) is 0 Å². The van der Waals surface area contributed by atoms with Crippen molar-refractivity contribution >= 4 is 44.1 Å². The van der Waals surface area contributed by atoms with E-state index in [1.165, 1.54) is 16.2 Å². The molecule has 4 nitrogen and oxygen atoms in total. The molecule has 2 amide bonds. The van der Waals surface area contributed by atoms with E-state index in [1.54, 1.807) is 19.2 Å². The first-order chi connectivity index (χ1) is 11.1. The van der Waals surface area contributed by atoms with E-state index < -0.39 is 0 Å². The van der Waals surface area contributed by atoms with Crippen molar-refractivity contribution in [3.63, 3.8) is 0 Å². The van der Waals surface area contributed by atoms with E-state index in [4.69, 9.17) is 0 Å². The predicted octanol–water partition coefficient (Wildman–Crippen LogP) is 4.00. The van der Waals surface area contributed by atoms with Crippen LogP contribution in [0.3, 0.4) is 0 Å². The second-order valence-corrected chi connectivity index (χ2v) is 7.48. The largest absolute Gasteiger partial charge is 0.355 e. The molecule has 0 fully saturated rings. The third-order valence-electron chi connectivity index (χ3n) is 3.94. The van der Waals surface area contributed by atoms with Gasteiger partial charge in [0.1, 0.15) is 5.00 Å². The molecular weight excluding hydrogens is 376 g/mol. The fourth-order valence-corrected chi connectivity index (χ4v) is 4.51. The summed E-state index contributed by atoms with van der Waals surface area (Å²) in [4.78, 5) is 26.0. The molecule has 0 saturated carbocycles. The summed E-state index contributed by atoms with van der Waals surface area (Å²) < 4.78 is 0.849. The number of aryl methyl sites for hydroxylation is 1. The molecule has 2 aromatic rings. The van der Waals surface area contributed by atoms with Gasteiger partial charge in [-0.2, -0.15) is 0 Å². The number of hydrogen-bond acceptors (Lipinski definition) is 3. The molecule has 1 aliphatic rings. The van der Waals surface area contributed by atoms with Gasteiger partial charge in [-0.1, -0.05) is 22.0 Å². The Balaban J connectivity index is 1.94. The van der Waals surface area contributed by atoms with E-state index in [2.05, 4.69) is 26.6 Å². The molecule has 0 saturated heterocycles. The highest BCUT2D eigenvalue weighted by Crippen LogP contribution is 2.38. The van der Waals surface area contributed by atoms with Crippen LogP contribution in [0, 0.1) is 0 Å². The molecule has 120 valence electrons. The molecule has 0 spiro atoms. The van der Waals surface area contributed by atoms with Crippen LogP contribution in [0.4, 0.5) is 5.00 Å². The zero-order valence-electron chi connectivity index (χ0n) is 12.7. The van der Waals surface area contributed by atoms with Gasteiger partial charge in [-0.15, -0.1) is 11.3 Å². The molecule has 2 N–H and O–H groups in total. The zero-order chi connectivity index (χ0) is 16.4. The molecule has 6 heteroatoms. The fraction of sp³-hybridized carbons (Fsp3) is 0.294. The summed E-state index contributed by atoms with van der Waals surface area (Å²) in [7, 11) is 1.62. The zero-order valence-corrected chi connectivity index (χ0v) is 15.1. The SMILES string of the molecule is CNC(=O)c1c(NC(=O)c2cccc(Br)c2)sc2c1CCCC2. The summed E-state index contributed by atoms with van der Waals surface area (Å²) in [5.41, 5.74) is 2.30. The molecule has 1 aromatic carbocycles. The number of nitrogens with one attached hydrogen (secondary N) is 2. The molecule has 3 rings (SSSR count). The van der Waals surface area contributed by atoms with Crippen molar-refractivity contribution in [2.75, 3.05) is 12.4 Å². The predicted molar refractivity (Wildman–Crippen MR) is 96.4 cm³/mol. The van der Waals surface area contributed by atoms with Crippen molar-refractivity contribution in [1.82, 2.24) is 5.32 Å². The van der Waals surface area contributed by atoms with Crippen molar-refractivity contribution in [1.29, 1.82) is 0 Å². The number of rotatable bonds is 3. The van der Waals surface area contributed by atoms with Crippen LogP contribution in [0.5, 0.6) is 0 Å². The van der Waals surface area contributed by atoms with E-state index in [9.17, 15) is 9.59 Å². The normalized spacial score (nSPS) is 13.3. The monoisotopic (exact) mass is 392 g/mol. The van der Waals surface area contributed by atoms with Gasteiger partial charge in [0.2, 0.25) is 0 Å². The van der Waals surface area contributed by atoms with E-state index in [-0.39, 0.29) is 11.8 Å². The lowest BCUT2D eigenvalue weighted by Gasteiger charge is -2.12. The van der Waals surface area contributed by atoms with Crippen molar-refractivity contribution < 1.29 is 9.59 Å². The Labute approximate surface area is 147 Å². The Morgan fingerprint density at radius 2 is 1.96 bits per heavy atom. The number of hydrogen-bond donors (Lipinski definition) is 2. The van der Waals surface area contributed by atoms with Crippen LogP contribution in [0.2, 0.25) is 0 Å². The van der Waals surface area contributed by atoms with Crippen LogP contribution in [-0.2, 0) is 12.8 Å². The Kier molecular flexibility index (Phi) is 4.82. The number of carbonyl (C=O) groups excluding carboxylic acids is 2. The van der Waals surface area contributed by atoms with Gasteiger partial charge in [0, 0.05) is 22.0 Å². The number of thiophene rings is 1. The maximum absolute atomic E-state index is 12.5. The first-order valence-electron chi connectivity index (χ1n) is 7.53. The lowest BCUT2D eigenvalue weighted by Crippen LogP contribution is -2.22. The molecular formula is C17H17BrN2O2S. The lowest BCUT2D eigenvalue weighted by atomic mass is 9.95. The maximum Gasteiger partial charge on any atom is 0.256 e. The molecule has 1 aromatic heterocycles. The average Bonchev–Trinajstić information content (AvgIpc) is 2.92. The number of benzene rings is 1. The minimum Gasteiger partial charge on any atom is -0.355 e. The quantitative estimate of drug-likeness (QED) is 0.828. The number of halogens is 1. The Morgan fingerprint density at radius 3 is 2.70 bits per heavy atom. The second-order valence-electron chi connectivity index (χ2n) is 5.46. The minimum absolute atomic E-state index is 0.131. The van der Waals surface area contributed by atoms with Gasteiger partial charge in [-0.05, 0) is 49.4 Å². The first kappa shape index (κ1) is 16.2. The maximum atomic E-state index is 12.5. The highest BCUT2D eigenvalue weighted by molar-refractivity contribution is 9.10. The molecule has 0 unspecified atom stereocenters. The highest BCUT2D eigenvalue weighted by Gasteiger charge is 2.25. The van der Waals surface area contributed by atoms with Gasteiger partial charge in [0.25, 0.3) is 11.8 Å². The number of anilines is 1. The summed E-state index contributed by atoms with van der Waals surface area (Å²) >= 11 is 4.90. The standard InChI is InChI=1S/C17H17BrN2O2S/c1-19-16(22)14-12-7-2-3-8-13(12)23-17(14)20-15(21)10-5-4-6-11(18)9-10/h4-6,9H,2-3,7-8H2,1H3,(H,19,22)(H,20,21). The van der Waals surface area contributed by atoms with E-state index in [1.807, 2.05) is 12.1 Å². The summed E-state index contributed by atoms with van der Waals surface area (Å²) in [6.45, 7) is 0. The van der Waals surface area contributed by atoms with Crippen molar-refractivity contribution in [2.24, 2.45) is 0 Å². The first-order valence-corrected chi connectivity index (χ1v) is 9.14. The molecule has 0 aliphatic heterocycles. The fourth-order valence-electron chi connectivity index (χ4n) is 2.82. The summed E-state index contributed by atoms with van der Waals surface area (Å²) in [6, 6.07) is 7.21. The summed E-state index contributed by atoms with van der Waals surface area (Å²) in [6.07, 6.45) is 4.12. The van der Waals surface area contributed by atoms with Crippen LogP contribution < -0.4 is 10.6 Å². The van der Waals surface area contributed by atoms with Gasteiger partial charge in [0.05, 0.1) is 5.56 Å². The van der Waals surface area contributed by atoms with Crippen LogP contribution in [0.25, 0.3) is 0 Å². The Hall–Kier alpha value is -1.66. The van der Waals surface area contributed by atoms with E-state index in [0.29, 0.717) is 16.1 Å². The highest BCUT2D eigenvalue weighted by atomic mass is 79.9. The molecule has 0 atom stereocenters. The van der Waals surface area contributed by atoms with Crippen LogP contribution >= 0.6 is 27.3 Å². The topological polar surface area (TPSA) is 58.2 Å². The van der Waals surface area contributed by atoms with Gasteiger partial charge >= 0.3 is 0 Å².